The minimum atomic E-state index is -4.57. The van der Waals surface area contributed by atoms with Crippen LogP contribution in [-0.4, -0.2) is 16.6 Å². The third-order valence-corrected chi connectivity index (χ3v) is 3.47. The number of halogens is 3. The summed E-state index contributed by atoms with van der Waals surface area (Å²) in [6.07, 6.45) is 0.980. The van der Waals surface area contributed by atoms with Crippen LogP contribution in [0.1, 0.15) is 17.9 Å². The number of hydrogen-bond acceptors (Lipinski definition) is 3. The molecule has 0 spiro atoms. The van der Waals surface area contributed by atoms with Gasteiger partial charge < -0.3 is 9.32 Å². The molecular formula is C14H10F3NO3. The number of carbonyl (C=O) groups is 2. The third-order valence-electron chi connectivity index (χ3n) is 3.47. The molecule has 1 atom stereocenters. The van der Waals surface area contributed by atoms with Crippen LogP contribution in [0.25, 0.3) is 0 Å². The van der Waals surface area contributed by atoms with E-state index in [1.807, 2.05) is 0 Å². The van der Waals surface area contributed by atoms with Gasteiger partial charge in [0.15, 0.2) is 0 Å². The Kier molecular flexibility index (Phi) is 3.00. The molecule has 0 saturated carbocycles. The highest BCUT2D eigenvalue weighted by Crippen LogP contribution is 2.35. The molecule has 1 aromatic heterocycles. The van der Waals surface area contributed by atoms with Gasteiger partial charge in [-0.2, -0.15) is 13.2 Å². The monoisotopic (exact) mass is 297 g/mol. The van der Waals surface area contributed by atoms with Gasteiger partial charge in [-0.05, 0) is 24.6 Å². The molecule has 2 aliphatic rings. The van der Waals surface area contributed by atoms with Crippen LogP contribution in [-0.2, 0) is 22.3 Å². The zero-order valence-electron chi connectivity index (χ0n) is 10.7. The number of hydrogen-bond donors (Lipinski definition) is 0. The van der Waals surface area contributed by atoms with Gasteiger partial charge in [0.2, 0.25) is 11.5 Å². The van der Waals surface area contributed by atoms with Crippen LogP contribution in [0.4, 0.5) is 13.2 Å². The van der Waals surface area contributed by atoms with Crippen LogP contribution in [0.2, 0.25) is 0 Å². The normalized spacial score (nSPS) is 21.8. The molecule has 1 amide bonds. The van der Waals surface area contributed by atoms with Gasteiger partial charge in [0.05, 0.1) is 12.5 Å². The molecule has 0 radical (unpaired) electrons. The van der Waals surface area contributed by atoms with E-state index in [1.54, 1.807) is 18.2 Å². The number of nitrogens with zero attached hydrogens (tertiary/aromatic N) is 1. The van der Waals surface area contributed by atoms with Gasteiger partial charge in [-0.15, -0.1) is 0 Å². The molecule has 7 heteroatoms. The topological polar surface area (TPSA) is 50.5 Å². The Bertz CT molecular complexity index is 669. The van der Waals surface area contributed by atoms with Crippen molar-refractivity contribution in [3.05, 3.63) is 47.6 Å². The van der Waals surface area contributed by atoms with Crippen molar-refractivity contribution in [2.75, 3.05) is 0 Å². The average molecular weight is 297 g/mol. The predicted molar refractivity (Wildman–Crippen MR) is 64.6 cm³/mol. The Balaban J connectivity index is 1.85. The highest BCUT2D eigenvalue weighted by atomic mass is 19.4. The van der Waals surface area contributed by atoms with Crippen molar-refractivity contribution >= 4 is 11.7 Å². The lowest BCUT2D eigenvalue weighted by molar-refractivity contribution is -0.153. The van der Waals surface area contributed by atoms with Gasteiger partial charge in [0.1, 0.15) is 5.76 Å². The number of rotatable bonds is 2. The lowest BCUT2D eigenvalue weighted by Gasteiger charge is -2.19. The van der Waals surface area contributed by atoms with Gasteiger partial charge in [-0.1, -0.05) is 12.2 Å². The Morgan fingerprint density at radius 2 is 2.05 bits per heavy atom. The van der Waals surface area contributed by atoms with Crippen LogP contribution in [0.15, 0.2) is 40.5 Å². The van der Waals surface area contributed by atoms with E-state index in [4.69, 9.17) is 4.42 Å². The zero-order chi connectivity index (χ0) is 15.2. The smallest absolute Gasteiger partial charge is 0.449 e. The van der Waals surface area contributed by atoms with Gasteiger partial charge in [0, 0.05) is 5.70 Å². The first-order valence-electron chi connectivity index (χ1n) is 6.26. The summed E-state index contributed by atoms with van der Waals surface area (Å²) >= 11 is 0. The molecule has 4 nitrogen and oxygen atoms in total. The molecular weight excluding hydrogens is 287 g/mol. The number of carbonyl (C=O) groups excluding carboxylic acids is 2. The Hall–Kier alpha value is -2.31. The molecule has 0 aromatic carbocycles. The molecule has 0 N–H and O–H groups in total. The molecule has 1 aliphatic carbocycles. The molecule has 21 heavy (non-hydrogen) atoms. The van der Waals surface area contributed by atoms with Crippen LogP contribution in [0.3, 0.4) is 0 Å². The average Bonchev–Trinajstić information content (AvgIpc) is 2.99. The fraction of sp³-hybridized carbons (Fsp3) is 0.286. The Morgan fingerprint density at radius 1 is 1.29 bits per heavy atom. The minimum absolute atomic E-state index is 0.0143. The molecule has 0 bridgehead atoms. The van der Waals surface area contributed by atoms with Crippen molar-refractivity contribution in [1.29, 1.82) is 0 Å². The van der Waals surface area contributed by atoms with E-state index in [0.717, 1.165) is 12.1 Å². The summed E-state index contributed by atoms with van der Waals surface area (Å²) in [5, 5.41) is 0. The Labute approximate surface area is 117 Å². The Morgan fingerprint density at radius 3 is 2.71 bits per heavy atom. The quantitative estimate of drug-likeness (QED) is 0.789. The fourth-order valence-electron chi connectivity index (χ4n) is 2.47. The standard InChI is InChI=1S/C14H10F3NO3/c15-14(16,17)11-6-5-8(21-11)7-18-10-4-2-1-3-9(10)12(19)13(18)20/h1-2,4-6,9H,3,7H2. The van der Waals surface area contributed by atoms with Crippen LogP contribution in [0, 0.1) is 5.92 Å². The highest BCUT2D eigenvalue weighted by Gasteiger charge is 2.43. The minimum Gasteiger partial charge on any atom is -0.455 e. The van der Waals surface area contributed by atoms with E-state index in [9.17, 15) is 22.8 Å². The number of likely N-dealkylation sites (tertiary alicyclic amines) is 1. The maximum Gasteiger partial charge on any atom is 0.449 e. The maximum atomic E-state index is 12.5. The molecule has 110 valence electrons. The van der Waals surface area contributed by atoms with E-state index in [0.29, 0.717) is 12.1 Å². The van der Waals surface area contributed by atoms with Crippen molar-refractivity contribution in [2.24, 2.45) is 5.92 Å². The van der Waals surface area contributed by atoms with E-state index in [-0.39, 0.29) is 12.3 Å². The maximum absolute atomic E-state index is 12.5. The number of Topliss-reactive ketones (excluding diaryl/α,β-unsaturated/α-hetero) is 1. The second-order valence-corrected chi connectivity index (χ2v) is 4.83. The first-order chi connectivity index (χ1) is 9.88. The zero-order valence-corrected chi connectivity index (χ0v) is 10.7. The number of amides is 1. The van der Waals surface area contributed by atoms with Crippen LogP contribution >= 0.6 is 0 Å². The summed E-state index contributed by atoms with van der Waals surface area (Å²) in [4.78, 5) is 24.9. The van der Waals surface area contributed by atoms with Crippen molar-refractivity contribution in [2.45, 2.75) is 19.1 Å². The second-order valence-electron chi connectivity index (χ2n) is 4.83. The molecule has 3 rings (SSSR count). The summed E-state index contributed by atoms with van der Waals surface area (Å²) in [5.74, 6) is -2.91. The number of allylic oxidation sites excluding steroid dienone is 4. The first-order valence-corrected chi connectivity index (χ1v) is 6.26. The number of fused-ring (bicyclic) bond motifs is 1. The second kappa shape index (κ2) is 4.61. The van der Waals surface area contributed by atoms with E-state index in [2.05, 4.69) is 0 Å². The first kappa shape index (κ1) is 13.7. The summed E-state index contributed by atoms with van der Waals surface area (Å²) < 4.78 is 42.1. The summed E-state index contributed by atoms with van der Waals surface area (Å²) in [7, 11) is 0. The summed E-state index contributed by atoms with van der Waals surface area (Å²) in [5.41, 5.74) is 0.512. The van der Waals surface area contributed by atoms with Gasteiger partial charge in [0.25, 0.3) is 5.91 Å². The van der Waals surface area contributed by atoms with E-state index in [1.165, 1.54) is 4.90 Å². The summed E-state index contributed by atoms with van der Waals surface area (Å²) in [6.45, 7) is -0.184. The number of furan rings is 1. The molecule has 1 saturated heterocycles. The SMILES string of the molecule is O=C1C(=O)N(Cc2ccc(C(F)(F)F)o2)C2=CC=CCC12. The predicted octanol–water partition coefficient (Wildman–Crippen LogP) is 2.67. The van der Waals surface area contributed by atoms with Crippen molar-refractivity contribution in [3.63, 3.8) is 0 Å². The molecule has 2 heterocycles. The molecule has 1 aromatic rings. The number of alkyl halides is 3. The van der Waals surface area contributed by atoms with Crippen molar-refractivity contribution < 1.29 is 27.2 Å². The van der Waals surface area contributed by atoms with Crippen LogP contribution < -0.4 is 0 Å². The molecule has 1 aliphatic heterocycles. The van der Waals surface area contributed by atoms with E-state index < -0.39 is 29.5 Å². The number of ketones is 1. The van der Waals surface area contributed by atoms with Gasteiger partial charge >= 0.3 is 6.18 Å². The third kappa shape index (κ3) is 2.28. The highest BCUT2D eigenvalue weighted by molar-refractivity contribution is 6.40. The summed E-state index contributed by atoms with van der Waals surface area (Å²) in [6, 6.07) is 1.97. The van der Waals surface area contributed by atoms with Gasteiger partial charge in [-0.25, -0.2) is 0 Å². The van der Waals surface area contributed by atoms with Crippen molar-refractivity contribution in [3.8, 4) is 0 Å². The largest absolute Gasteiger partial charge is 0.455 e. The van der Waals surface area contributed by atoms with Gasteiger partial charge in [-0.3, -0.25) is 9.59 Å². The lowest BCUT2D eigenvalue weighted by atomic mass is 9.96. The molecule has 1 unspecified atom stereocenters. The lowest BCUT2D eigenvalue weighted by Crippen LogP contribution is -2.25. The molecule has 1 fully saturated rings. The fourth-order valence-corrected chi connectivity index (χ4v) is 2.47. The van der Waals surface area contributed by atoms with E-state index >= 15 is 0 Å². The van der Waals surface area contributed by atoms with Crippen LogP contribution in [0.5, 0.6) is 0 Å². The van der Waals surface area contributed by atoms with Crippen molar-refractivity contribution in [1.82, 2.24) is 4.90 Å².